The van der Waals surface area contributed by atoms with Crippen molar-refractivity contribution in [3.8, 4) is 0 Å². The monoisotopic (exact) mass is 478 g/mol. The Labute approximate surface area is 204 Å². The number of hydrogen-bond donors (Lipinski definition) is 1. The molecule has 1 N–H and O–H groups in total. The molecule has 1 spiro atoms. The summed E-state index contributed by atoms with van der Waals surface area (Å²) in [6, 6.07) is 16.4. The molecule has 0 saturated carbocycles. The van der Waals surface area contributed by atoms with Gasteiger partial charge in [0.15, 0.2) is 0 Å². The summed E-state index contributed by atoms with van der Waals surface area (Å²) in [6.45, 7) is 5.30. The summed E-state index contributed by atoms with van der Waals surface area (Å²) >= 11 is 0. The van der Waals surface area contributed by atoms with Crippen LogP contribution in [0.25, 0.3) is 0 Å². The minimum Gasteiger partial charge on any atom is -0.369 e. The molecule has 3 fully saturated rings. The van der Waals surface area contributed by atoms with Crippen LogP contribution in [-0.2, 0) is 11.3 Å². The maximum atomic E-state index is 13.5. The second kappa shape index (κ2) is 9.63. The zero-order valence-corrected chi connectivity index (χ0v) is 19.6. The standard InChI is InChI=1S/C25H30N6O4/c32-23-25(11-4-12-28(18-25)17-20-5-2-1-3-6-20)26-24(33)30(23)19-27-13-15-29(16-14-27)21-7-9-22(10-8-21)31(34)35/h1-3,5-10H,4,11-19H2,(H,26,33). The number of likely N-dealkylation sites (tertiary alicyclic amines) is 1. The second-order valence-corrected chi connectivity index (χ2v) is 9.57. The van der Waals surface area contributed by atoms with E-state index in [-0.39, 0.29) is 24.3 Å². The van der Waals surface area contributed by atoms with E-state index >= 15 is 0 Å². The summed E-state index contributed by atoms with van der Waals surface area (Å²) in [4.78, 5) is 44.7. The van der Waals surface area contributed by atoms with E-state index in [0.29, 0.717) is 26.1 Å². The predicted octanol–water partition coefficient (Wildman–Crippen LogP) is 2.26. The molecule has 3 heterocycles. The highest BCUT2D eigenvalue weighted by atomic mass is 16.6. The van der Waals surface area contributed by atoms with E-state index in [2.05, 4.69) is 32.1 Å². The lowest BCUT2D eigenvalue weighted by atomic mass is 9.88. The van der Waals surface area contributed by atoms with Gasteiger partial charge in [-0.25, -0.2) is 9.69 Å². The highest BCUT2D eigenvalue weighted by molar-refractivity contribution is 6.07. The van der Waals surface area contributed by atoms with Crippen LogP contribution in [0, 0.1) is 10.1 Å². The second-order valence-electron chi connectivity index (χ2n) is 9.57. The lowest BCUT2D eigenvalue weighted by Gasteiger charge is -2.39. The first-order valence-corrected chi connectivity index (χ1v) is 12.1. The first kappa shape index (κ1) is 23.3. The molecule has 184 valence electrons. The SMILES string of the molecule is O=C1NC2(CCCN(Cc3ccccc3)C2)C(=O)N1CN1CCN(c2ccc([N+](=O)[O-])cc2)CC1. The molecular formula is C25H30N6O4. The lowest BCUT2D eigenvalue weighted by Crippen LogP contribution is -2.58. The molecule has 0 aliphatic carbocycles. The quantitative estimate of drug-likeness (QED) is 0.386. The average molecular weight is 479 g/mol. The number of nitro benzene ring substituents is 1. The Kier molecular flexibility index (Phi) is 6.40. The largest absolute Gasteiger partial charge is 0.369 e. The van der Waals surface area contributed by atoms with E-state index in [1.54, 1.807) is 12.1 Å². The number of rotatable bonds is 6. The molecule has 3 amide bonds. The van der Waals surface area contributed by atoms with Gasteiger partial charge < -0.3 is 10.2 Å². The van der Waals surface area contributed by atoms with E-state index in [4.69, 9.17) is 0 Å². The third-order valence-electron chi connectivity index (χ3n) is 7.21. The van der Waals surface area contributed by atoms with Gasteiger partial charge in [0.1, 0.15) is 5.54 Å². The highest BCUT2D eigenvalue weighted by Gasteiger charge is 2.53. The number of piperidine rings is 1. The Bertz CT molecular complexity index is 1090. The van der Waals surface area contributed by atoms with Crippen LogP contribution < -0.4 is 10.2 Å². The number of amides is 3. The maximum absolute atomic E-state index is 13.5. The number of non-ortho nitro benzene ring substituents is 1. The molecule has 0 aromatic heterocycles. The molecule has 5 rings (SSSR count). The van der Waals surface area contributed by atoms with Crippen LogP contribution in [-0.4, -0.2) is 83.0 Å². The van der Waals surface area contributed by atoms with Gasteiger partial charge in [0.05, 0.1) is 11.6 Å². The van der Waals surface area contributed by atoms with Crippen molar-refractivity contribution in [2.24, 2.45) is 0 Å². The fourth-order valence-corrected chi connectivity index (χ4v) is 5.33. The minimum absolute atomic E-state index is 0.0740. The van der Waals surface area contributed by atoms with Gasteiger partial charge in [0.25, 0.3) is 11.6 Å². The number of piperazine rings is 1. The Morgan fingerprint density at radius 2 is 1.63 bits per heavy atom. The molecule has 3 aliphatic rings. The van der Waals surface area contributed by atoms with Gasteiger partial charge in [0, 0.05) is 57.1 Å². The first-order valence-electron chi connectivity index (χ1n) is 12.1. The van der Waals surface area contributed by atoms with Gasteiger partial charge in [-0.3, -0.25) is 24.7 Å². The zero-order valence-electron chi connectivity index (χ0n) is 19.6. The van der Waals surface area contributed by atoms with Gasteiger partial charge >= 0.3 is 6.03 Å². The lowest BCUT2D eigenvalue weighted by molar-refractivity contribution is -0.384. The molecule has 0 radical (unpaired) electrons. The van der Waals surface area contributed by atoms with Crippen molar-refractivity contribution in [1.29, 1.82) is 0 Å². The van der Waals surface area contributed by atoms with Crippen molar-refractivity contribution >= 4 is 23.3 Å². The number of nitro groups is 1. The maximum Gasteiger partial charge on any atom is 0.326 e. The predicted molar refractivity (Wildman–Crippen MR) is 131 cm³/mol. The molecule has 10 heteroatoms. The Morgan fingerprint density at radius 1 is 0.914 bits per heavy atom. The number of nitrogens with zero attached hydrogens (tertiary/aromatic N) is 5. The molecule has 3 aliphatic heterocycles. The number of imide groups is 1. The third-order valence-corrected chi connectivity index (χ3v) is 7.21. The number of nitrogens with one attached hydrogen (secondary N) is 1. The van der Waals surface area contributed by atoms with Crippen molar-refractivity contribution in [2.75, 3.05) is 50.8 Å². The number of hydrogen-bond acceptors (Lipinski definition) is 7. The molecule has 1 unspecified atom stereocenters. The van der Waals surface area contributed by atoms with Crippen molar-refractivity contribution in [3.63, 3.8) is 0 Å². The number of urea groups is 1. The van der Waals surface area contributed by atoms with Crippen molar-refractivity contribution in [2.45, 2.75) is 24.9 Å². The van der Waals surface area contributed by atoms with Gasteiger partial charge in [-0.1, -0.05) is 30.3 Å². The zero-order chi connectivity index (χ0) is 24.4. The van der Waals surface area contributed by atoms with E-state index in [1.165, 1.54) is 22.6 Å². The highest BCUT2D eigenvalue weighted by Crippen LogP contribution is 2.30. The Hall–Kier alpha value is -3.50. The average Bonchev–Trinajstić information content (AvgIpc) is 3.09. The van der Waals surface area contributed by atoms with Crippen LogP contribution in [0.4, 0.5) is 16.2 Å². The van der Waals surface area contributed by atoms with Gasteiger partial charge in [-0.2, -0.15) is 0 Å². The summed E-state index contributed by atoms with van der Waals surface area (Å²) in [5, 5.41) is 13.9. The number of carbonyl (C=O) groups excluding carboxylic acids is 2. The summed E-state index contributed by atoms with van der Waals surface area (Å²) in [5.74, 6) is -0.127. The van der Waals surface area contributed by atoms with Gasteiger partial charge in [-0.15, -0.1) is 0 Å². The molecule has 2 aromatic rings. The van der Waals surface area contributed by atoms with Crippen LogP contribution in [0.3, 0.4) is 0 Å². The fraction of sp³-hybridized carbons (Fsp3) is 0.440. The molecule has 1 atom stereocenters. The van der Waals surface area contributed by atoms with E-state index in [0.717, 1.165) is 38.3 Å². The molecule has 10 nitrogen and oxygen atoms in total. The molecular weight excluding hydrogens is 448 g/mol. The topological polar surface area (TPSA) is 102 Å². The Morgan fingerprint density at radius 3 is 2.31 bits per heavy atom. The van der Waals surface area contributed by atoms with Crippen LogP contribution >= 0.6 is 0 Å². The van der Waals surface area contributed by atoms with E-state index in [1.807, 2.05) is 18.2 Å². The van der Waals surface area contributed by atoms with Crippen molar-refractivity contribution in [1.82, 2.24) is 20.0 Å². The summed E-state index contributed by atoms with van der Waals surface area (Å²) in [7, 11) is 0. The molecule has 3 saturated heterocycles. The number of benzene rings is 2. The summed E-state index contributed by atoms with van der Waals surface area (Å²) < 4.78 is 0. The van der Waals surface area contributed by atoms with Crippen LogP contribution in [0.15, 0.2) is 54.6 Å². The molecule has 0 bridgehead atoms. The van der Waals surface area contributed by atoms with E-state index in [9.17, 15) is 19.7 Å². The van der Waals surface area contributed by atoms with Gasteiger partial charge in [0.2, 0.25) is 0 Å². The van der Waals surface area contributed by atoms with E-state index < -0.39 is 10.5 Å². The first-order chi connectivity index (χ1) is 16.9. The van der Waals surface area contributed by atoms with Crippen LogP contribution in [0.2, 0.25) is 0 Å². The number of carbonyl (C=O) groups is 2. The Balaban J connectivity index is 1.17. The van der Waals surface area contributed by atoms with Crippen molar-refractivity contribution < 1.29 is 14.5 Å². The number of anilines is 1. The van der Waals surface area contributed by atoms with Crippen molar-refractivity contribution in [3.05, 3.63) is 70.3 Å². The fourth-order valence-electron chi connectivity index (χ4n) is 5.33. The smallest absolute Gasteiger partial charge is 0.326 e. The minimum atomic E-state index is -0.843. The molecule has 35 heavy (non-hydrogen) atoms. The third kappa shape index (κ3) is 4.85. The van der Waals surface area contributed by atoms with Crippen LogP contribution in [0.5, 0.6) is 0 Å². The summed E-state index contributed by atoms with van der Waals surface area (Å²) in [5.41, 5.74) is 1.36. The van der Waals surface area contributed by atoms with Crippen LogP contribution in [0.1, 0.15) is 18.4 Å². The summed E-state index contributed by atoms with van der Waals surface area (Å²) in [6.07, 6.45) is 1.52. The molecule has 2 aromatic carbocycles. The normalized spacial score (nSPS) is 23.7. The van der Waals surface area contributed by atoms with Gasteiger partial charge in [-0.05, 0) is 37.1 Å².